The van der Waals surface area contributed by atoms with Crippen molar-refractivity contribution in [3.8, 4) is 5.75 Å². The minimum absolute atomic E-state index is 0.326. The van der Waals surface area contributed by atoms with Gasteiger partial charge in [0, 0.05) is 19.5 Å². The van der Waals surface area contributed by atoms with E-state index in [1.165, 1.54) is 5.56 Å². The number of fused-ring (bicyclic) bond motifs is 1. The molecular formula is C17H24N2O2. The average Bonchev–Trinajstić information content (AvgIpc) is 2.76. The lowest BCUT2D eigenvalue weighted by Gasteiger charge is -2.26. The fraction of sp³-hybridized carbons (Fsp3) is 0.588. The van der Waals surface area contributed by atoms with Gasteiger partial charge in [-0.2, -0.15) is 0 Å². The number of Topliss-reactive ketones (excluding diaryl/α,β-unsaturated/α-hetero) is 1. The van der Waals surface area contributed by atoms with Gasteiger partial charge in [-0.15, -0.1) is 0 Å². The molecule has 1 fully saturated rings. The van der Waals surface area contributed by atoms with Crippen LogP contribution in [0.5, 0.6) is 5.75 Å². The minimum Gasteiger partial charge on any atom is -0.493 e. The molecule has 2 aliphatic rings. The molecule has 1 aromatic rings. The zero-order chi connectivity index (χ0) is 14.5. The third-order valence-corrected chi connectivity index (χ3v) is 4.39. The van der Waals surface area contributed by atoms with Crippen molar-refractivity contribution in [1.29, 1.82) is 0 Å². The lowest BCUT2D eigenvalue weighted by molar-refractivity contribution is -0.120. The first kappa shape index (κ1) is 14.5. The average molecular weight is 288 g/mol. The van der Waals surface area contributed by atoms with E-state index < -0.39 is 0 Å². The van der Waals surface area contributed by atoms with Gasteiger partial charge in [-0.3, -0.25) is 9.69 Å². The molecule has 0 amide bonds. The molecule has 3 rings (SSSR count). The van der Waals surface area contributed by atoms with Crippen LogP contribution in [0, 0.1) is 0 Å². The van der Waals surface area contributed by atoms with E-state index >= 15 is 0 Å². The Balaban J connectivity index is 1.58. The lowest BCUT2D eigenvalue weighted by Crippen LogP contribution is -2.33. The van der Waals surface area contributed by atoms with Gasteiger partial charge in [0.15, 0.2) is 0 Å². The van der Waals surface area contributed by atoms with Crippen LogP contribution in [0.25, 0.3) is 0 Å². The van der Waals surface area contributed by atoms with E-state index in [-0.39, 0.29) is 0 Å². The number of nitrogens with zero attached hydrogens (tertiary/aromatic N) is 1. The summed E-state index contributed by atoms with van der Waals surface area (Å²) < 4.78 is 5.67. The Labute approximate surface area is 126 Å². The summed E-state index contributed by atoms with van der Waals surface area (Å²) in [5.41, 5.74) is 1.20. The van der Waals surface area contributed by atoms with Gasteiger partial charge in [0.2, 0.25) is 0 Å². The van der Waals surface area contributed by atoms with Crippen LogP contribution >= 0.6 is 0 Å². The van der Waals surface area contributed by atoms with Crippen LogP contribution in [0.1, 0.15) is 30.7 Å². The maximum absolute atomic E-state index is 12.4. The zero-order valence-corrected chi connectivity index (χ0v) is 12.5. The number of carbonyl (C=O) groups is 1. The Bertz CT molecular complexity index is 481. The molecule has 0 aliphatic carbocycles. The van der Waals surface area contributed by atoms with Crippen LogP contribution in [-0.2, 0) is 4.79 Å². The normalized spacial score (nSPS) is 23.0. The van der Waals surface area contributed by atoms with Gasteiger partial charge in [0.05, 0.1) is 13.2 Å². The van der Waals surface area contributed by atoms with E-state index in [1.807, 2.05) is 18.2 Å². The maximum atomic E-state index is 12.4. The monoisotopic (exact) mass is 288 g/mol. The number of carbonyl (C=O) groups excluding carboxylic acids is 1. The summed E-state index contributed by atoms with van der Waals surface area (Å²) in [5.74, 6) is 1.65. The summed E-state index contributed by atoms with van der Waals surface area (Å²) in [4.78, 5) is 14.7. The Morgan fingerprint density at radius 1 is 1.29 bits per heavy atom. The first-order valence-corrected chi connectivity index (χ1v) is 7.99. The van der Waals surface area contributed by atoms with E-state index in [2.05, 4.69) is 16.3 Å². The van der Waals surface area contributed by atoms with Crippen LogP contribution in [0.15, 0.2) is 24.3 Å². The molecule has 0 spiro atoms. The highest BCUT2D eigenvalue weighted by atomic mass is 16.5. The largest absolute Gasteiger partial charge is 0.493 e. The molecule has 1 atom stereocenters. The molecule has 0 aromatic heterocycles. The highest BCUT2D eigenvalue weighted by Crippen LogP contribution is 2.35. The molecule has 0 radical (unpaired) electrons. The van der Waals surface area contributed by atoms with Gasteiger partial charge in [0.25, 0.3) is 0 Å². The van der Waals surface area contributed by atoms with Gasteiger partial charge >= 0.3 is 0 Å². The molecule has 0 saturated carbocycles. The summed E-state index contributed by atoms with van der Waals surface area (Å²) in [6, 6.07) is 8.13. The quantitative estimate of drug-likeness (QED) is 0.917. The number of nitrogens with one attached hydrogen (secondary N) is 1. The summed E-state index contributed by atoms with van der Waals surface area (Å²) in [7, 11) is 0. The third kappa shape index (κ3) is 3.83. The second kappa shape index (κ2) is 7.05. The topological polar surface area (TPSA) is 41.6 Å². The van der Waals surface area contributed by atoms with Crippen molar-refractivity contribution < 1.29 is 9.53 Å². The van der Waals surface area contributed by atoms with Crippen molar-refractivity contribution >= 4 is 5.78 Å². The standard InChI is InChI=1S/C17H24N2O2/c20-15(13-19-9-3-7-18-8-10-19)12-14-6-11-21-17-5-2-1-4-16(14)17/h1-2,4-5,14,18H,3,6-13H2. The number of ketones is 1. The van der Waals surface area contributed by atoms with Crippen LogP contribution in [0.2, 0.25) is 0 Å². The van der Waals surface area contributed by atoms with Gasteiger partial charge in [-0.25, -0.2) is 0 Å². The molecule has 1 unspecified atom stereocenters. The van der Waals surface area contributed by atoms with Gasteiger partial charge in [0.1, 0.15) is 11.5 Å². The van der Waals surface area contributed by atoms with E-state index in [9.17, 15) is 4.79 Å². The number of para-hydroxylation sites is 1. The van der Waals surface area contributed by atoms with Crippen LogP contribution < -0.4 is 10.1 Å². The Kier molecular flexibility index (Phi) is 4.88. The summed E-state index contributed by atoms with van der Waals surface area (Å²) in [6.07, 6.45) is 2.72. The van der Waals surface area contributed by atoms with Crippen LogP contribution in [0.4, 0.5) is 0 Å². The highest BCUT2D eigenvalue weighted by molar-refractivity contribution is 5.81. The lowest BCUT2D eigenvalue weighted by atomic mass is 9.88. The Hall–Kier alpha value is -1.39. The van der Waals surface area contributed by atoms with E-state index in [0.29, 0.717) is 24.7 Å². The van der Waals surface area contributed by atoms with Gasteiger partial charge < -0.3 is 10.1 Å². The number of ether oxygens (including phenoxy) is 1. The molecule has 1 saturated heterocycles. The molecule has 2 aliphatic heterocycles. The van der Waals surface area contributed by atoms with Crippen molar-refractivity contribution in [2.45, 2.75) is 25.2 Å². The molecule has 0 bridgehead atoms. The van der Waals surface area contributed by atoms with Crippen molar-refractivity contribution in [2.75, 3.05) is 39.3 Å². The zero-order valence-electron chi connectivity index (χ0n) is 12.5. The number of hydrogen-bond acceptors (Lipinski definition) is 4. The second-order valence-electron chi connectivity index (χ2n) is 5.99. The molecule has 21 heavy (non-hydrogen) atoms. The van der Waals surface area contributed by atoms with Crippen molar-refractivity contribution in [3.05, 3.63) is 29.8 Å². The molecule has 2 heterocycles. The van der Waals surface area contributed by atoms with E-state index in [4.69, 9.17) is 4.74 Å². The van der Waals surface area contributed by atoms with Crippen LogP contribution in [-0.4, -0.2) is 50.0 Å². The maximum Gasteiger partial charge on any atom is 0.147 e. The Morgan fingerprint density at radius 3 is 3.14 bits per heavy atom. The predicted octanol–water partition coefficient (Wildman–Crippen LogP) is 1.81. The SMILES string of the molecule is O=C(CC1CCOc2ccccc21)CN1CCCNCC1. The fourth-order valence-electron chi connectivity index (χ4n) is 3.28. The van der Waals surface area contributed by atoms with Crippen molar-refractivity contribution in [1.82, 2.24) is 10.2 Å². The summed E-state index contributed by atoms with van der Waals surface area (Å²) in [5, 5.41) is 3.38. The van der Waals surface area contributed by atoms with Gasteiger partial charge in [-0.05, 0) is 43.5 Å². The molecule has 4 nitrogen and oxygen atoms in total. The highest BCUT2D eigenvalue weighted by Gasteiger charge is 2.24. The number of hydrogen-bond donors (Lipinski definition) is 1. The second-order valence-corrected chi connectivity index (χ2v) is 5.99. The molecule has 114 valence electrons. The smallest absolute Gasteiger partial charge is 0.147 e. The molecular weight excluding hydrogens is 264 g/mol. The fourth-order valence-corrected chi connectivity index (χ4v) is 3.28. The summed E-state index contributed by atoms with van der Waals surface area (Å²) in [6.45, 7) is 5.40. The number of benzene rings is 1. The Morgan fingerprint density at radius 2 is 2.19 bits per heavy atom. The summed E-state index contributed by atoms with van der Waals surface area (Å²) >= 11 is 0. The van der Waals surface area contributed by atoms with E-state index in [1.54, 1.807) is 0 Å². The van der Waals surface area contributed by atoms with Crippen LogP contribution in [0.3, 0.4) is 0 Å². The molecule has 4 heteroatoms. The van der Waals surface area contributed by atoms with Crippen molar-refractivity contribution in [2.24, 2.45) is 0 Å². The van der Waals surface area contributed by atoms with Gasteiger partial charge in [-0.1, -0.05) is 18.2 Å². The molecule has 1 N–H and O–H groups in total. The predicted molar refractivity (Wildman–Crippen MR) is 82.8 cm³/mol. The third-order valence-electron chi connectivity index (χ3n) is 4.39. The van der Waals surface area contributed by atoms with Crippen molar-refractivity contribution in [3.63, 3.8) is 0 Å². The first-order valence-electron chi connectivity index (χ1n) is 7.99. The minimum atomic E-state index is 0.326. The van der Waals surface area contributed by atoms with E-state index in [0.717, 1.165) is 51.4 Å². The first-order chi connectivity index (χ1) is 10.3. The molecule has 1 aromatic carbocycles. The number of rotatable bonds is 4.